The molecule has 0 radical (unpaired) electrons. The van der Waals surface area contributed by atoms with Crippen LogP contribution in [0.5, 0.6) is 5.75 Å². The fraction of sp³-hybridized carbons (Fsp3) is 0.500. The minimum atomic E-state index is -0.944. The van der Waals surface area contributed by atoms with E-state index in [2.05, 4.69) is 11.8 Å². The van der Waals surface area contributed by atoms with Gasteiger partial charge in [-0.3, -0.25) is 4.90 Å². The topological polar surface area (TPSA) is 59.0 Å². The van der Waals surface area contributed by atoms with Gasteiger partial charge in [-0.05, 0) is 24.7 Å². The largest absolute Gasteiger partial charge is 0.492 e. The second kappa shape index (κ2) is 8.50. The molecule has 1 rings (SSSR count). The number of aromatic carboxylic acids is 1. The SMILES string of the molecule is CCN(CCOC)CCOc1cccc(C(=O)O)c1. The molecule has 0 bridgehead atoms. The maximum absolute atomic E-state index is 10.8. The van der Waals surface area contributed by atoms with Crippen molar-refractivity contribution in [2.24, 2.45) is 0 Å². The van der Waals surface area contributed by atoms with Crippen LogP contribution in [0.4, 0.5) is 0 Å². The summed E-state index contributed by atoms with van der Waals surface area (Å²) >= 11 is 0. The molecule has 19 heavy (non-hydrogen) atoms. The molecule has 0 atom stereocenters. The summed E-state index contributed by atoms with van der Waals surface area (Å²) in [5.74, 6) is -0.358. The van der Waals surface area contributed by atoms with Gasteiger partial charge in [0.05, 0.1) is 12.2 Å². The highest BCUT2D eigenvalue weighted by molar-refractivity contribution is 5.87. The number of carboxylic acid groups (broad SMARTS) is 1. The van der Waals surface area contributed by atoms with Crippen molar-refractivity contribution in [1.82, 2.24) is 4.90 Å². The number of nitrogens with zero attached hydrogens (tertiary/aromatic N) is 1. The molecule has 5 heteroatoms. The molecule has 0 amide bonds. The number of methoxy groups -OCH3 is 1. The molecule has 0 saturated carbocycles. The van der Waals surface area contributed by atoms with Crippen LogP contribution in [-0.4, -0.2) is 55.9 Å². The van der Waals surface area contributed by atoms with Gasteiger partial charge in [-0.15, -0.1) is 0 Å². The fourth-order valence-electron chi connectivity index (χ4n) is 1.66. The summed E-state index contributed by atoms with van der Waals surface area (Å²) in [5, 5.41) is 8.88. The molecular formula is C14H21NO4. The second-order valence-electron chi connectivity index (χ2n) is 4.11. The van der Waals surface area contributed by atoms with Crippen LogP contribution >= 0.6 is 0 Å². The lowest BCUT2D eigenvalue weighted by atomic mass is 10.2. The molecule has 106 valence electrons. The minimum absolute atomic E-state index is 0.240. The van der Waals surface area contributed by atoms with E-state index in [9.17, 15) is 4.79 Å². The molecule has 0 spiro atoms. The molecular weight excluding hydrogens is 246 g/mol. The summed E-state index contributed by atoms with van der Waals surface area (Å²) in [6.07, 6.45) is 0. The summed E-state index contributed by atoms with van der Waals surface area (Å²) in [6, 6.07) is 6.53. The van der Waals surface area contributed by atoms with E-state index in [0.717, 1.165) is 19.6 Å². The first kappa shape index (κ1) is 15.5. The van der Waals surface area contributed by atoms with Gasteiger partial charge in [0.1, 0.15) is 12.4 Å². The van der Waals surface area contributed by atoms with Crippen molar-refractivity contribution >= 4 is 5.97 Å². The van der Waals surface area contributed by atoms with Crippen LogP contribution in [-0.2, 0) is 4.74 Å². The molecule has 1 aromatic rings. The van der Waals surface area contributed by atoms with Gasteiger partial charge < -0.3 is 14.6 Å². The number of hydrogen-bond donors (Lipinski definition) is 1. The van der Waals surface area contributed by atoms with Gasteiger partial charge in [0, 0.05) is 20.2 Å². The van der Waals surface area contributed by atoms with E-state index in [4.69, 9.17) is 14.6 Å². The number of likely N-dealkylation sites (N-methyl/N-ethyl adjacent to an activating group) is 1. The van der Waals surface area contributed by atoms with Crippen LogP contribution in [0.3, 0.4) is 0 Å². The Kier molecular flexibility index (Phi) is 6.92. The van der Waals surface area contributed by atoms with Crippen molar-refractivity contribution < 1.29 is 19.4 Å². The highest BCUT2D eigenvalue weighted by Gasteiger charge is 2.05. The average Bonchev–Trinajstić information content (AvgIpc) is 2.43. The molecule has 0 aliphatic heterocycles. The number of carbonyl (C=O) groups is 1. The summed E-state index contributed by atoms with van der Waals surface area (Å²) in [6.45, 7) is 5.90. The third-order valence-electron chi connectivity index (χ3n) is 2.82. The van der Waals surface area contributed by atoms with E-state index in [1.807, 2.05) is 0 Å². The third-order valence-corrected chi connectivity index (χ3v) is 2.82. The lowest BCUT2D eigenvalue weighted by Gasteiger charge is -2.19. The first-order valence-corrected chi connectivity index (χ1v) is 6.34. The highest BCUT2D eigenvalue weighted by atomic mass is 16.5. The first-order chi connectivity index (χ1) is 9.17. The molecule has 0 aliphatic rings. The molecule has 1 N–H and O–H groups in total. The Balaban J connectivity index is 2.39. The Bertz CT molecular complexity index is 395. The quantitative estimate of drug-likeness (QED) is 0.738. The highest BCUT2D eigenvalue weighted by Crippen LogP contribution is 2.13. The van der Waals surface area contributed by atoms with Gasteiger partial charge in [0.2, 0.25) is 0 Å². The smallest absolute Gasteiger partial charge is 0.335 e. The van der Waals surface area contributed by atoms with Crippen LogP contribution in [0.25, 0.3) is 0 Å². The Morgan fingerprint density at radius 1 is 1.32 bits per heavy atom. The van der Waals surface area contributed by atoms with Crippen LogP contribution in [0.1, 0.15) is 17.3 Å². The second-order valence-corrected chi connectivity index (χ2v) is 4.11. The van der Waals surface area contributed by atoms with Gasteiger partial charge in [0.15, 0.2) is 0 Å². The van der Waals surface area contributed by atoms with Crippen LogP contribution in [0, 0.1) is 0 Å². The number of hydrogen-bond acceptors (Lipinski definition) is 4. The summed E-state index contributed by atoms with van der Waals surface area (Å²) in [5.41, 5.74) is 0.240. The first-order valence-electron chi connectivity index (χ1n) is 6.34. The van der Waals surface area contributed by atoms with E-state index in [-0.39, 0.29) is 5.56 Å². The van der Waals surface area contributed by atoms with E-state index >= 15 is 0 Å². The Labute approximate surface area is 113 Å². The summed E-state index contributed by atoms with van der Waals surface area (Å²) in [7, 11) is 1.68. The predicted octanol–water partition coefficient (Wildman–Crippen LogP) is 1.73. The molecule has 0 fully saturated rings. The van der Waals surface area contributed by atoms with Gasteiger partial charge in [-0.1, -0.05) is 13.0 Å². The standard InChI is InChI=1S/C14H21NO4/c1-3-15(7-9-18-2)8-10-19-13-6-4-5-12(11-13)14(16)17/h4-6,11H,3,7-10H2,1-2H3,(H,16,17). The molecule has 0 saturated heterocycles. The zero-order valence-corrected chi connectivity index (χ0v) is 11.5. The van der Waals surface area contributed by atoms with Crippen molar-refractivity contribution in [3.8, 4) is 5.75 Å². The van der Waals surface area contributed by atoms with Gasteiger partial charge in [0.25, 0.3) is 0 Å². The van der Waals surface area contributed by atoms with Crippen molar-refractivity contribution in [3.05, 3.63) is 29.8 Å². The summed E-state index contributed by atoms with van der Waals surface area (Å²) < 4.78 is 10.6. The van der Waals surface area contributed by atoms with Crippen LogP contribution in [0.15, 0.2) is 24.3 Å². The van der Waals surface area contributed by atoms with E-state index in [1.165, 1.54) is 6.07 Å². The fourth-order valence-corrected chi connectivity index (χ4v) is 1.66. The minimum Gasteiger partial charge on any atom is -0.492 e. The molecule has 0 unspecified atom stereocenters. The maximum atomic E-state index is 10.8. The van der Waals surface area contributed by atoms with Crippen molar-refractivity contribution in [2.75, 3.05) is 40.0 Å². The van der Waals surface area contributed by atoms with E-state index in [0.29, 0.717) is 19.0 Å². The lowest BCUT2D eigenvalue weighted by Crippen LogP contribution is -2.31. The van der Waals surface area contributed by atoms with Crippen molar-refractivity contribution in [2.45, 2.75) is 6.92 Å². The molecule has 0 aromatic heterocycles. The number of rotatable bonds is 9. The van der Waals surface area contributed by atoms with Gasteiger partial charge >= 0.3 is 5.97 Å². The van der Waals surface area contributed by atoms with Crippen molar-refractivity contribution in [1.29, 1.82) is 0 Å². The van der Waals surface area contributed by atoms with Crippen LogP contribution in [0.2, 0.25) is 0 Å². The van der Waals surface area contributed by atoms with Gasteiger partial charge in [-0.25, -0.2) is 4.79 Å². The van der Waals surface area contributed by atoms with E-state index in [1.54, 1.807) is 25.3 Å². The normalized spacial score (nSPS) is 10.7. The molecule has 1 aromatic carbocycles. The third kappa shape index (κ3) is 5.72. The maximum Gasteiger partial charge on any atom is 0.335 e. The Hall–Kier alpha value is -1.59. The Morgan fingerprint density at radius 3 is 2.68 bits per heavy atom. The number of ether oxygens (including phenoxy) is 2. The molecule has 0 heterocycles. The Morgan fingerprint density at radius 2 is 2.05 bits per heavy atom. The van der Waals surface area contributed by atoms with E-state index < -0.39 is 5.97 Å². The molecule has 5 nitrogen and oxygen atoms in total. The van der Waals surface area contributed by atoms with Gasteiger partial charge in [-0.2, -0.15) is 0 Å². The number of carboxylic acids is 1. The average molecular weight is 267 g/mol. The van der Waals surface area contributed by atoms with Crippen molar-refractivity contribution in [3.63, 3.8) is 0 Å². The zero-order valence-electron chi connectivity index (χ0n) is 11.5. The molecule has 0 aliphatic carbocycles. The summed E-state index contributed by atoms with van der Waals surface area (Å²) in [4.78, 5) is 13.0. The zero-order chi connectivity index (χ0) is 14.1. The lowest BCUT2D eigenvalue weighted by molar-refractivity contribution is 0.0696. The predicted molar refractivity (Wildman–Crippen MR) is 72.9 cm³/mol. The van der Waals surface area contributed by atoms with Crippen LogP contribution < -0.4 is 4.74 Å². The number of benzene rings is 1. The monoisotopic (exact) mass is 267 g/mol.